The highest BCUT2D eigenvalue weighted by atomic mass is 35.5. The van der Waals surface area contributed by atoms with Crippen LogP contribution in [-0.4, -0.2) is 41.7 Å². The number of benzene rings is 3. The van der Waals surface area contributed by atoms with Gasteiger partial charge in [-0.05, 0) is 61.0 Å². The first-order chi connectivity index (χ1) is 20.2. The molecule has 3 aromatic carbocycles. The van der Waals surface area contributed by atoms with E-state index in [-0.39, 0.29) is 29.2 Å². The Morgan fingerprint density at radius 1 is 1.00 bits per heavy atom. The number of imide groups is 1. The second-order valence-corrected chi connectivity index (χ2v) is 12.5. The number of methoxy groups -OCH3 is 1. The van der Waals surface area contributed by atoms with Crippen molar-refractivity contribution in [3.8, 4) is 11.5 Å². The summed E-state index contributed by atoms with van der Waals surface area (Å²) in [6, 6.07) is 19.1. The molecular weight excluding hydrogens is 598 g/mol. The van der Waals surface area contributed by atoms with E-state index in [1.165, 1.54) is 23.8 Å². The molecule has 9 nitrogen and oxygen atoms in total. The molecule has 6 rings (SSSR count). The molecule has 214 valence electrons. The quantitative estimate of drug-likeness (QED) is 0.272. The van der Waals surface area contributed by atoms with Gasteiger partial charge in [-0.2, -0.15) is 0 Å². The van der Waals surface area contributed by atoms with Crippen molar-refractivity contribution in [1.82, 2.24) is 4.98 Å². The number of hydrogen-bond acceptors (Lipinski definition) is 8. The predicted molar refractivity (Wildman–Crippen MR) is 162 cm³/mol. The van der Waals surface area contributed by atoms with Crippen molar-refractivity contribution < 1.29 is 23.9 Å². The lowest BCUT2D eigenvalue weighted by molar-refractivity contribution is -0.122. The Kier molecular flexibility index (Phi) is 7.56. The average Bonchev–Trinajstić information content (AvgIpc) is 3.47. The van der Waals surface area contributed by atoms with Crippen LogP contribution in [0.25, 0.3) is 0 Å². The van der Waals surface area contributed by atoms with E-state index < -0.39 is 17.1 Å². The number of thioether (sulfide) groups is 1. The molecule has 1 aromatic heterocycles. The van der Waals surface area contributed by atoms with Gasteiger partial charge in [0.05, 0.1) is 23.7 Å². The van der Waals surface area contributed by atoms with Gasteiger partial charge in [-0.25, -0.2) is 4.90 Å². The van der Waals surface area contributed by atoms with Crippen molar-refractivity contribution in [3.05, 3.63) is 97.4 Å². The van der Waals surface area contributed by atoms with E-state index in [0.717, 1.165) is 16.9 Å². The van der Waals surface area contributed by atoms with Gasteiger partial charge in [-0.15, -0.1) is 0 Å². The monoisotopic (exact) mass is 621 g/mol. The molecule has 2 N–H and O–H groups in total. The van der Waals surface area contributed by atoms with Gasteiger partial charge >= 0.3 is 4.87 Å². The molecule has 0 radical (unpaired) electrons. The molecule has 3 atom stereocenters. The first-order valence-electron chi connectivity index (χ1n) is 12.9. The summed E-state index contributed by atoms with van der Waals surface area (Å²) in [6.45, 7) is 1.66. The topological polar surface area (TPSA) is 118 Å². The summed E-state index contributed by atoms with van der Waals surface area (Å²) < 4.78 is 11.4. The van der Waals surface area contributed by atoms with Crippen LogP contribution in [0.2, 0.25) is 5.02 Å². The number of ether oxygens (including phenoxy) is 2. The summed E-state index contributed by atoms with van der Waals surface area (Å²) in [5.74, 6) is -1.65. The minimum Gasteiger partial charge on any atom is -0.493 e. The van der Waals surface area contributed by atoms with Gasteiger partial charge in [-0.1, -0.05) is 58.5 Å². The molecule has 0 unspecified atom stereocenters. The van der Waals surface area contributed by atoms with Gasteiger partial charge in [0.15, 0.2) is 18.1 Å². The number of aryl methyl sites for hydroxylation is 1. The summed E-state index contributed by atoms with van der Waals surface area (Å²) in [5, 5.41) is 3.17. The van der Waals surface area contributed by atoms with Crippen LogP contribution in [-0.2, 0) is 14.4 Å². The predicted octanol–water partition coefficient (Wildman–Crippen LogP) is 5.22. The molecule has 1 saturated heterocycles. The summed E-state index contributed by atoms with van der Waals surface area (Å²) in [5.41, 5.74) is 2.79. The number of nitrogens with zero attached hydrogens (tertiary/aromatic N) is 1. The van der Waals surface area contributed by atoms with Gasteiger partial charge < -0.3 is 19.8 Å². The first-order valence-corrected chi connectivity index (χ1v) is 15.0. The lowest BCUT2D eigenvalue weighted by atomic mass is 9.83. The third-order valence-electron chi connectivity index (χ3n) is 7.15. The normalized spacial score (nSPS) is 19.3. The third-order valence-corrected chi connectivity index (χ3v) is 9.80. The number of aromatic amines is 1. The summed E-state index contributed by atoms with van der Waals surface area (Å²) >= 11 is 8.15. The molecular formula is C30H24ClN3O6S2. The van der Waals surface area contributed by atoms with Crippen molar-refractivity contribution in [3.63, 3.8) is 0 Å². The number of fused-ring (bicyclic) bond motifs is 2. The fourth-order valence-electron chi connectivity index (χ4n) is 5.19. The summed E-state index contributed by atoms with van der Waals surface area (Å²) in [4.78, 5) is 56.9. The molecule has 4 aromatic rings. The molecule has 1 fully saturated rings. The van der Waals surface area contributed by atoms with Crippen LogP contribution in [0.3, 0.4) is 0 Å². The van der Waals surface area contributed by atoms with Crippen molar-refractivity contribution in [1.29, 1.82) is 0 Å². The summed E-state index contributed by atoms with van der Waals surface area (Å²) in [6.07, 6.45) is 0. The van der Waals surface area contributed by atoms with Crippen LogP contribution in [0, 0.1) is 12.8 Å². The van der Waals surface area contributed by atoms with E-state index in [1.54, 1.807) is 54.6 Å². The van der Waals surface area contributed by atoms with Crippen LogP contribution in [0.1, 0.15) is 21.9 Å². The second-order valence-electron chi connectivity index (χ2n) is 9.85. The maximum Gasteiger partial charge on any atom is 0.305 e. The lowest BCUT2D eigenvalue weighted by Crippen LogP contribution is -2.32. The third kappa shape index (κ3) is 5.19. The zero-order valence-electron chi connectivity index (χ0n) is 22.4. The number of anilines is 2. The molecule has 3 heterocycles. The van der Waals surface area contributed by atoms with Crippen LogP contribution in [0.5, 0.6) is 11.5 Å². The van der Waals surface area contributed by atoms with E-state index in [4.69, 9.17) is 21.1 Å². The molecule has 0 spiro atoms. The molecule has 2 aliphatic heterocycles. The van der Waals surface area contributed by atoms with E-state index in [1.807, 2.05) is 19.1 Å². The van der Waals surface area contributed by atoms with Gasteiger partial charge in [0.25, 0.3) is 5.91 Å². The molecule has 3 amide bonds. The van der Waals surface area contributed by atoms with Gasteiger partial charge in [0, 0.05) is 21.5 Å². The maximum absolute atomic E-state index is 13.9. The van der Waals surface area contributed by atoms with Gasteiger partial charge in [0.1, 0.15) is 5.25 Å². The van der Waals surface area contributed by atoms with Gasteiger partial charge in [-0.3, -0.25) is 19.2 Å². The molecule has 12 heteroatoms. The van der Waals surface area contributed by atoms with Crippen LogP contribution in [0.15, 0.2) is 76.6 Å². The van der Waals surface area contributed by atoms with Crippen molar-refractivity contribution in [2.45, 2.75) is 23.1 Å². The van der Waals surface area contributed by atoms with E-state index in [9.17, 15) is 19.2 Å². The zero-order valence-corrected chi connectivity index (χ0v) is 24.8. The fraction of sp³-hybridized carbons (Fsp3) is 0.200. The van der Waals surface area contributed by atoms with Gasteiger partial charge in [0.2, 0.25) is 11.8 Å². The Balaban J connectivity index is 1.29. The number of rotatable bonds is 7. The molecule has 0 bridgehead atoms. The number of aromatic nitrogens is 1. The number of halogens is 1. The number of H-pyrrole nitrogens is 1. The zero-order chi connectivity index (χ0) is 29.5. The Morgan fingerprint density at radius 2 is 1.74 bits per heavy atom. The fourth-order valence-corrected chi connectivity index (χ4v) is 7.84. The number of thiazole rings is 1. The van der Waals surface area contributed by atoms with Crippen molar-refractivity contribution in [2.24, 2.45) is 5.92 Å². The molecule has 0 aliphatic carbocycles. The van der Waals surface area contributed by atoms with Crippen LogP contribution in [0.4, 0.5) is 11.4 Å². The smallest absolute Gasteiger partial charge is 0.305 e. The number of carbonyl (C=O) groups excluding carboxylic acids is 3. The summed E-state index contributed by atoms with van der Waals surface area (Å²) in [7, 11) is 1.47. The minimum atomic E-state index is -0.732. The Hall–Kier alpha value is -4.06. The number of amides is 3. The van der Waals surface area contributed by atoms with E-state index >= 15 is 0 Å². The molecule has 0 saturated carbocycles. The van der Waals surface area contributed by atoms with Crippen LogP contribution >= 0.6 is 34.7 Å². The molecule has 2 aliphatic rings. The average molecular weight is 622 g/mol. The highest BCUT2D eigenvalue weighted by Crippen LogP contribution is 2.53. The number of carbonyl (C=O) groups is 3. The maximum atomic E-state index is 13.9. The minimum absolute atomic E-state index is 0.258. The number of nitrogens with one attached hydrogen (secondary N) is 2. The highest BCUT2D eigenvalue weighted by Gasteiger charge is 2.56. The largest absolute Gasteiger partial charge is 0.493 e. The van der Waals surface area contributed by atoms with Crippen molar-refractivity contribution >= 4 is 63.8 Å². The number of hydrogen-bond donors (Lipinski definition) is 2. The first kappa shape index (κ1) is 28.1. The van der Waals surface area contributed by atoms with E-state index in [2.05, 4.69) is 10.3 Å². The Bertz CT molecular complexity index is 1750. The van der Waals surface area contributed by atoms with E-state index in [0.29, 0.717) is 43.4 Å². The van der Waals surface area contributed by atoms with Crippen LogP contribution < -0.4 is 24.6 Å². The highest BCUT2D eigenvalue weighted by molar-refractivity contribution is 8.00. The lowest BCUT2D eigenvalue weighted by Gasteiger charge is -2.30. The second kappa shape index (κ2) is 11.3. The Morgan fingerprint density at radius 3 is 2.45 bits per heavy atom. The standard InChI is InChI=1S/C30H24ClN3O6S2/c1-15-3-10-19(11-4-15)34-28(36)24-23(25-27(33-30(38)42-25)41-26(24)29(34)37)16-5-12-20(21(13-16)39-2)40-14-22(35)32-18-8-6-17(31)7-9-18/h3-13,23-24,26H,14H2,1-2H3,(H,32,35)(H,33,38)/t23-,24-,26+/m0/s1. The Labute approximate surface area is 253 Å². The van der Waals surface area contributed by atoms with Crippen molar-refractivity contribution in [2.75, 3.05) is 23.9 Å². The SMILES string of the molecule is COc1cc([C@@H]2c3sc(=O)[nH]c3S[C@H]3C(=O)N(c4ccc(C)cc4)C(=O)[C@@H]23)ccc1OCC(=O)Nc1ccc(Cl)cc1. The molecule has 42 heavy (non-hydrogen) atoms.